The molecule has 0 aromatic rings. The van der Waals surface area contributed by atoms with E-state index >= 15 is 0 Å². The van der Waals surface area contributed by atoms with Crippen LogP contribution in [0.3, 0.4) is 0 Å². The van der Waals surface area contributed by atoms with Crippen molar-refractivity contribution in [2.45, 2.75) is 39.3 Å². The van der Waals surface area contributed by atoms with Crippen molar-refractivity contribution >= 4 is 11.9 Å². The third-order valence-electron chi connectivity index (χ3n) is 2.19. The highest BCUT2D eigenvalue weighted by Crippen LogP contribution is 2.07. The van der Waals surface area contributed by atoms with E-state index in [1.807, 2.05) is 6.92 Å². The lowest BCUT2D eigenvalue weighted by molar-refractivity contribution is -0.143. The minimum absolute atomic E-state index is 0.102. The molecule has 1 unspecified atom stereocenters. The Morgan fingerprint density at radius 2 is 1.93 bits per heavy atom. The molecule has 0 saturated carbocycles. The summed E-state index contributed by atoms with van der Waals surface area (Å²) in [6.45, 7) is 5.17. The number of amides is 1. The Labute approximate surface area is 83.7 Å². The molecule has 0 aromatic heterocycles. The largest absolute Gasteiger partial charge is 0.480 e. The Morgan fingerprint density at radius 3 is 2.21 bits per heavy atom. The number of hydrogen-bond acceptors (Lipinski definition) is 3. The van der Waals surface area contributed by atoms with E-state index in [0.29, 0.717) is 6.42 Å². The first kappa shape index (κ1) is 12.9. The van der Waals surface area contributed by atoms with Crippen LogP contribution in [-0.2, 0) is 9.59 Å². The van der Waals surface area contributed by atoms with Crippen molar-refractivity contribution in [1.29, 1.82) is 0 Å². The van der Waals surface area contributed by atoms with Gasteiger partial charge in [0.15, 0.2) is 0 Å². The number of carboxylic acid groups (broad SMARTS) is 1. The molecule has 0 aliphatic rings. The second-order valence-electron chi connectivity index (χ2n) is 3.50. The van der Waals surface area contributed by atoms with Crippen molar-refractivity contribution in [3.63, 3.8) is 0 Å². The maximum absolute atomic E-state index is 11.2. The predicted octanol–water partition coefficient (Wildman–Crippen LogP) is -0.0509. The van der Waals surface area contributed by atoms with Gasteiger partial charge in [-0.3, -0.25) is 4.79 Å². The summed E-state index contributed by atoms with van der Waals surface area (Å²) in [6.07, 6.45) is 0.691. The summed E-state index contributed by atoms with van der Waals surface area (Å²) in [4.78, 5) is 22.0. The number of nitrogens with two attached hydrogens (primary N) is 1. The summed E-state index contributed by atoms with van der Waals surface area (Å²) in [5, 5.41) is 11.3. The molecule has 0 heterocycles. The van der Waals surface area contributed by atoms with E-state index in [1.165, 1.54) is 6.92 Å². The number of carboxylic acids is 1. The maximum Gasteiger partial charge on any atom is 0.326 e. The van der Waals surface area contributed by atoms with Gasteiger partial charge in [0.05, 0.1) is 6.04 Å². The average Bonchev–Trinajstić information content (AvgIpc) is 2.11. The van der Waals surface area contributed by atoms with Gasteiger partial charge in [-0.15, -0.1) is 0 Å². The number of nitrogens with one attached hydrogen (secondary N) is 1. The Hall–Kier alpha value is -1.10. The molecule has 0 bridgehead atoms. The molecule has 1 amide bonds. The van der Waals surface area contributed by atoms with Gasteiger partial charge in [-0.25, -0.2) is 4.79 Å². The van der Waals surface area contributed by atoms with E-state index in [1.54, 1.807) is 6.92 Å². The molecule has 14 heavy (non-hydrogen) atoms. The first-order valence-corrected chi connectivity index (χ1v) is 4.68. The van der Waals surface area contributed by atoms with Crippen LogP contribution in [0.1, 0.15) is 27.2 Å². The molecule has 0 radical (unpaired) electrons. The molecule has 0 saturated heterocycles. The Bertz CT molecular complexity index is 216. The zero-order valence-corrected chi connectivity index (χ0v) is 8.78. The van der Waals surface area contributed by atoms with E-state index < -0.39 is 24.0 Å². The van der Waals surface area contributed by atoms with Gasteiger partial charge >= 0.3 is 5.97 Å². The lowest BCUT2D eigenvalue weighted by Gasteiger charge is -2.20. The van der Waals surface area contributed by atoms with Crippen molar-refractivity contribution < 1.29 is 14.7 Å². The third kappa shape index (κ3) is 3.74. The van der Waals surface area contributed by atoms with E-state index in [-0.39, 0.29) is 5.92 Å². The van der Waals surface area contributed by atoms with Gasteiger partial charge < -0.3 is 16.2 Å². The van der Waals surface area contributed by atoms with Crippen molar-refractivity contribution in [2.24, 2.45) is 11.7 Å². The van der Waals surface area contributed by atoms with Crippen molar-refractivity contribution in [3.05, 3.63) is 0 Å². The summed E-state index contributed by atoms with van der Waals surface area (Å²) in [6, 6.07) is -1.53. The summed E-state index contributed by atoms with van der Waals surface area (Å²) in [5.74, 6) is -1.55. The van der Waals surface area contributed by atoms with Gasteiger partial charge in [0.1, 0.15) is 6.04 Å². The van der Waals surface area contributed by atoms with Crippen LogP contribution in [0, 0.1) is 5.92 Å². The normalized spacial score (nSPS) is 16.9. The SMILES string of the molecule is CCC(C)[C@H](NC(=O)[C@H](C)N)C(=O)O. The zero-order valence-electron chi connectivity index (χ0n) is 8.78. The summed E-state index contributed by atoms with van der Waals surface area (Å²) in [5.41, 5.74) is 5.32. The first-order valence-electron chi connectivity index (χ1n) is 4.68. The molecule has 0 rings (SSSR count). The highest BCUT2D eigenvalue weighted by atomic mass is 16.4. The molecule has 0 spiro atoms. The van der Waals surface area contributed by atoms with Crippen LogP contribution in [0.15, 0.2) is 0 Å². The minimum atomic E-state index is -1.02. The highest BCUT2D eigenvalue weighted by Gasteiger charge is 2.25. The second-order valence-corrected chi connectivity index (χ2v) is 3.50. The molecular formula is C9H18N2O3. The average molecular weight is 202 g/mol. The Kier molecular flexibility index (Phi) is 5.15. The molecule has 0 aromatic carbocycles. The fraction of sp³-hybridized carbons (Fsp3) is 0.778. The molecule has 3 atom stereocenters. The van der Waals surface area contributed by atoms with Crippen LogP contribution in [0.2, 0.25) is 0 Å². The molecule has 0 aliphatic heterocycles. The zero-order chi connectivity index (χ0) is 11.3. The lowest BCUT2D eigenvalue weighted by atomic mass is 9.99. The second kappa shape index (κ2) is 5.59. The molecule has 5 heteroatoms. The van der Waals surface area contributed by atoms with Gasteiger partial charge in [0.2, 0.25) is 5.91 Å². The first-order chi connectivity index (χ1) is 6.40. The fourth-order valence-electron chi connectivity index (χ4n) is 0.968. The van der Waals surface area contributed by atoms with Crippen LogP contribution in [-0.4, -0.2) is 29.1 Å². The lowest BCUT2D eigenvalue weighted by Crippen LogP contribution is -2.50. The number of carbonyl (C=O) groups excluding carboxylic acids is 1. The van der Waals surface area contributed by atoms with Crippen molar-refractivity contribution in [2.75, 3.05) is 0 Å². The summed E-state index contributed by atoms with van der Waals surface area (Å²) >= 11 is 0. The Morgan fingerprint density at radius 1 is 1.43 bits per heavy atom. The predicted molar refractivity (Wildman–Crippen MR) is 52.7 cm³/mol. The van der Waals surface area contributed by atoms with Gasteiger partial charge in [-0.05, 0) is 12.8 Å². The van der Waals surface area contributed by atoms with E-state index in [4.69, 9.17) is 10.8 Å². The summed E-state index contributed by atoms with van der Waals surface area (Å²) in [7, 11) is 0. The molecule has 0 aliphatic carbocycles. The van der Waals surface area contributed by atoms with Crippen LogP contribution in [0.25, 0.3) is 0 Å². The maximum atomic E-state index is 11.2. The van der Waals surface area contributed by atoms with Crippen LogP contribution in [0.4, 0.5) is 0 Å². The monoisotopic (exact) mass is 202 g/mol. The molecule has 5 nitrogen and oxygen atoms in total. The molecular weight excluding hydrogens is 184 g/mol. The fourth-order valence-corrected chi connectivity index (χ4v) is 0.968. The number of rotatable bonds is 5. The highest BCUT2D eigenvalue weighted by molar-refractivity contribution is 5.86. The Balaban J connectivity index is 4.38. The van der Waals surface area contributed by atoms with E-state index in [0.717, 1.165) is 0 Å². The molecule has 0 fully saturated rings. The summed E-state index contributed by atoms with van der Waals surface area (Å²) < 4.78 is 0. The van der Waals surface area contributed by atoms with Crippen LogP contribution < -0.4 is 11.1 Å². The number of hydrogen-bond donors (Lipinski definition) is 3. The van der Waals surface area contributed by atoms with Crippen molar-refractivity contribution in [3.8, 4) is 0 Å². The molecule has 82 valence electrons. The van der Waals surface area contributed by atoms with E-state index in [9.17, 15) is 9.59 Å². The standard InChI is InChI=1S/C9H18N2O3/c1-4-5(2)7(9(13)14)11-8(12)6(3)10/h5-7H,4,10H2,1-3H3,(H,11,12)(H,13,14)/t5?,6-,7-/m0/s1. The van der Waals surface area contributed by atoms with Gasteiger partial charge in [0, 0.05) is 0 Å². The van der Waals surface area contributed by atoms with E-state index in [2.05, 4.69) is 5.32 Å². The van der Waals surface area contributed by atoms with Gasteiger partial charge in [0.25, 0.3) is 0 Å². The number of aliphatic carboxylic acids is 1. The topological polar surface area (TPSA) is 92.4 Å². The number of carbonyl (C=O) groups is 2. The van der Waals surface area contributed by atoms with Crippen molar-refractivity contribution in [1.82, 2.24) is 5.32 Å². The smallest absolute Gasteiger partial charge is 0.326 e. The third-order valence-corrected chi connectivity index (χ3v) is 2.19. The van der Waals surface area contributed by atoms with Crippen LogP contribution >= 0.6 is 0 Å². The quantitative estimate of drug-likeness (QED) is 0.582. The minimum Gasteiger partial charge on any atom is -0.480 e. The molecule has 4 N–H and O–H groups in total. The van der Waals surface area contributed by atoms with Crippen LogP contribution in [0.5, 0.6) is 0 Å². The van der Waals surface area contributed by atoms with Gasteiger partial charge in [-0.2, -0.15) is 0 Å². The van der Waals surface area contributed by atoms with Gasteiger partial charge in [-0.1, -0.05) is 20.3 Å².